The molecule has 0 saturated heterocycles. The van der Waals surface area contributed by atoms with Crippen molar-refractivity contribution in [3.05, 3.63) is 44.0 Å². The lowest BCUT2D eigenvalue weighted by molar-refractivity contribution is 0.0697. The largest absolute Gasteiger partial charge is 0.478 e. The first kappa shape index (κ1) is 14.9. The van der Waals surface area contributed by atoms with Gasteiger partial charge >= 0.3 is 17.1 Å². The van der Waals surface area contributed by atoms with Gasteiger partial charge in [0, 0.05) is 17.6 Å². The number of H-pyrrole nitrogens is 1. The Bertz CT molecular complexity index is 840. The fourth-order valence-corrected chi connectivity index (χ4v) is 2.59. The molecule has 4 N–H and O–H groups in total. The van der Waals surface area contributed by atoms with Crippen LogP contribution in [-0.4, -0.2) is 25.8 Å². The standard InChI is InChI=1S/C12H12N4O4S/c1-5-3-6(4-7(8(5)13)11(19)20)21-12-14-9(17)10(18)15-16(12)2/h3-4H,13H2,1-2H3,(H,15,18)(H,19,20). The number of hydrogen-bond donors (Lipinski definition) is 3. The van der Waals surface area contributed by atoms with E-state index in [0.29, 0.717) is 10.5 Å². The van der Waals surface area contributed by atoms with Gasteiger partial charge in [-0.2, -0.15) is 4.98 Å². The van der Waals surface area contributed by atoms with E-state index in [1.807, 2.05) is 0 Å². The highest BCUT2D eigenvalue weighted by Gasteiger charge is 2.14. The van der Waals surface area contributed by atoms with Gasteiger partial charge in [-0.05, 0) is 24.6 Å². The average Bonchev–Trinajstić information content (AvgIpc) is 2.39. The predicted octanol–water partition coefficient (Wildman–Crippen LogP) is 0.209. The van der Waals surface area contributed by atoms with E-state index in [0.717, 1.165) is 11.8 Å². The number of aromatic nitrogens is 3. The zero-order valence-electron chi connectivity index (χ0n) is 11.2. The van der Waals surface area contributed by atoms with Crippen LogP contribution in [-0.2, 0) is 7.05 Å². The van der Waals surface area contributed by atoms with Crippen LogP contribution in [0.3, 0.4) is 0 Å². The van der Waals surface area contributed by atoms with Gasteiger partial charge < -0.3 is 10.8 Å². The van der Waals surface area contributed by atoms with Gasteiger partial charge in [0.25, 0.3) is 0 Å². The van der Waals surface area contributed by atoms with E-state index >= 15 is 0 Å². The fraction of sp³-hybridized carbons (Fsp3) is 0.167. The number of aromatic amines is 1. The molecule has 0 atom stereocenters. The molecule has 1 aromatic carbocycles. The van der Waals surface area contributed by atoms with Gasteiger partial charge in [-0.25, -0.2) is 4.79 Å². The molecule has 21 heavy (non-hydrogen) atoms. The van der Waals surface area contributed by atoms with Crippen molar-refractivity contribution in [1.29, 1.82) is 0 Å². The van der Waals surface area contributed by atoms with Crippen molar-refractivity contribution < 1.29 is 9.90 Å². The molecule has 1 aromatic heterocycles. The number of hydrogen-bond acceptors (Lipinski definition) is 6. The topological polar surface area (TPSA) is 131 Å². The van der Waals surface area contributed by atoms with Gasteiger partial charge in [0.05, 0.1) is 5.56 Å². The maximum atomic E-state index is 11.3. The first-order chi connectivity index (χ1) is 9.79. The summed E-state index contributed by atoms with van der Waals surface area (Å²) in [6.07, 6.45) is 0. The molecular weight excluding hydrogens is 296 g/mol. The van der Waals surface area contributed by atoms with Gasteiger partial charge in [0.15, 0.2) is 5.16 Å². The number of nitrogens with two attached hydrogens (primary N) is 1. The summed E-state index contributed by atoms with van der Waals surface area (Å²) in [5.74, 6) is -1.14. The second-order valence-corrected chi connectivity index (χ2v) is 5.35. The molecular formula is C12H12N4O4S. The maximum Gasteiger partial charge on any atom is 0.339 e. The summed E-state index contributed by atoms with van der Waals surface area (Å²) in [7, 11) is 1.53. The number of nitrogen functional groups attached to an aromatic ring is 1. The smallest absolute Gasteiger partial charge is 0.339 e. The van der Waals surface area contributed by atoms with Crippen LogP contribution in [0.25, 0.3) is 0 Å². The van der Waals surface area contributed by atoms with E-state index in [9.17, 15) is 14.4 Å². The number of anilines is 1. The van der Waals surface area contributed by atoms with Crippen LogP contribution in [0.1, 0.15) is 15.9 Å². The van der Waals surface area contributed by atoms with Crippen LogP contribution >= 0.6 is 11.8 Å². The molecule has 1 heterocycles. The second-order valence-electron chi connectivity index (χ2n) is 4.31. The molecule has 0 amide bonds. The normalized spacial score (nSPS) is 10.6. The van der Waals surface area contributed by atoms with Gasteiger partial charge in [0.2, 0.25) is 0 Å². The Balaban J connectivity index is 2.50. The number of nitrogens with zero attached hydrogens (tertiary/aromatic N) is 2. The van der Waals surface area contributed by atoms with Crippen molar-refractivity contribution in [3.63, 3.8) is 0 Å². The average molecular weight is 308 g/mol. The van der Waals surface area contributed by atoms with E-state index in [1.165, 1.54) is 17.8 Å². The highest BCUT2D eigenvalue weighted by molar-refractivity contribution is 7.99. The maximum absolute atomic E-state index is 11.3. The van der Waals surface area contributed by atoms with Crippen LogP contribution in [0, 0.1) is 6.92 Å². The number of benzene rings is 1. The minimum atomic E-state index is -1.14. The van der Waals surface area contributed by atoms with Crippen LogP contribution in [0.2, 0.25) is 0 Å². The molecule has 2 aromatic rings. The lowest BCUT2D eigenvalue weighted by Crippen LogP contribution is -2.33. The Hall–Kier alpha value is -2.55. The fourth-order valence-electron chi connectivity index (χ4n) is 1.66. The number of carboxylic acids is 1. The van der Waals surface area contributed by atoms with Crippen LogP contribution in [0.5, 0.6) is 0 Å². The number of carboxylic acid groups (broad SMARTS) is 1. The molecule has 8 nitrogen and oxygen atoms in total. The lowest BCUT2D eigenvalue weighted by Gasteiger charge is -2.10. The van der Waals surface area contributed by atoms with E-state index in [-0.39, 0.29) is 16.4 Å². The van der Waals surface area contributed by atoms with Crippen LogP contribution in [0.15, 0.2) is 31.8 Å². The molecule has 0 bridgehead atoms. The quantitative estimate of drug-likeness (QED) is 0.545. The third-order valence-electron chi connectivity index (χ3n) is 2.75. The predicted molar refractivity (Wildman–Crippen MR) is 76.8 cm³/mol. The van der Waals surface area contributed by atoms with Crippen molar-refractivity contribution in [2.45, 2.75) is 17.0 Å². The number of aryl methyl sites for hydroxylation is 2. The first-order valence-corrected chi connectivity index (χ1v) is 6.60. The Morgan fingerprint density at radius 3 is 2.71 bits per heavy atom. The summed E-state index contributed by atoms with van der Waals surface area (Å²) in [6, 6.07) is 3.08. The third kappa shape index (κ3) is 2.97. The molecule has 9 heteroatoms. The lowest BCUT2D eigenvalue weighted by atomic mass is 10.1. The Morgan fingerprint density at radius 1 is 1.43 bits per heavy atom. The molecule has 0 aliphatic heterocycles. The first-order valence-electron chi connectivity index (χ1n) is 5.78. The molecule has 0 aliphatic carbocycles. The molecule has 0 unspecified atom stereocenters. The summed E-state index contributed by atoms with van der Waals surface area (Å²) in [4.78, 5) is 37.7. The minimum absolute atomic E-state index is 0.0214. The van der Waals surface area contributed by atoms with Crippen molar-refractivity contribution in [3.8, 4) is 0 Å². The highest BCUT2D eigenvalue weighted by atomic mass is 32.2. The van der Waals surface area contributed by atoms with Gasteiger partial charge in [-0.3, -0.25) is 19.4 Å². The summed E-state index contributed by atoms with van der Waals surface area (Å²) in [6.45, 7) is 1.69. The molecule has 0 saturated carbocycles. The summed E-state index contributed by atoms with van der Waals surface area (Å²) in [5.41, 5.74) is 4.76. The Morgan fingerprint density at radius 2 is 2.10 bits per heavy atom. The monoisotopic (exact) mass is 308 g/mol. The van der Waals surface area contributed by atoms with Crippen LogP contribution < -0.4 is 16.9 Å². The van der Waals surface area contributed by atoms with E-state index in [2.05, 4.69) is 10.1 Å². The van der Waals surface area contributed by atoms with Gasteiger partial charge in [-0.15, -0.1) is 0 Å². The summed E-state index contributed by atoms with van der Waals surface area (Å²) in [5, 5.41) is 11.7. The van der Waals surface area contributed by atoms with Gasteiger partial charge in [0.1, 0.15) is 0 Å². The van der Waals surface area contributed by atoms with Crippen molar-refractivity contribution in [1.82, 2.24) is 14.8 Å². The minimum Gasteiger partial charge on any atom is -0.478 e. The number of rotatable bonds is 3. The van der Waals surface area contributed by atoms with E-state index in [1.54, 1.807) is 13.0 Å². The number of aromatic carboxylic acids is 1. The molecule has 110 valence electrons. The highest BCUT2D eigenvalue weighted by Crippen LogP contribution is 2.29. The second kappa shape index (κ2) is 5.44. The Labute approximate surface area is 122 Å². The van der Waals surface area contributed by atoms with E-state index < -0.39 is 17.1 Å². The van der Waals surface area contributed by atoms with Crippen molar-refractivity contribution >= 4 is 23.4 Å². The molecule has 0 spiro atoms. The zero-order chi connectivity index (χ0) is 15.7. The van der Waals surface area contributed by atoms with E-state index in [4.69, 9.17) is 10.8 Å². The van der Waals surface area contributed by atoms with Crippen molar-refractivity contribution in [2.75, 3.05) is 5.73 Å². The summed E-state index contributed by atoms with van der Waals surface area (Å²) >= 11 is 1.05. The Kier molecular flexibility index (Phi) is 3.85. The van der Waals surface area contributed by atoms with Crippen LogP contribution in [0.4, 0.5) is 5.69 Å². The summed E-state index contributed by atoms with van der Waals surface area (Å²) < 4.78 is 1.29. The molecule has 0 aliphatic rings. The van der Waals surface area contributed by atoms with Gasteiger partial charge in [-0.1, -0.05) is 11.8 Å². The SMILES string of the molecule is Cc1cc(Sc2nc(=O)c(=O)[nH]n2C)cc(C(=O)O)c1N. The number of carbonyl (C=O) groups is 1. The molecule has 2 rings (SSSR count). The zero-order valence-corrected chi connectivity index (χ0v) is 12.0. The molecule has 0 fully saturated rings. The number of nitrogens with one attached hydrogen (secondary N) is 1. The van der Waals surface area contributed by atoms with Crippen molar-refractivity contribution in [2.24, 2.45) is 7.05 Å². The third-order valence-corrected chi connectivity index (χ3v) is 3.77. The molecule has 0 radical (unpaired) electrons.